The van der Waals surface area contributed by atoms with Crippen molar-refractivity contribution in [2.45, 2.75) is 39.8 Å². The lowest BCUT2D eigenvalue weighted by Crippen LogP contribution is -2.14. The van der Waals surface area contributed by atoms with E-state index >= 15 is 0 Å². The largest absolute Gasteiger partial charge is 0.433 e. The van der Waals surface area contributed by atoms with Crippen LogP contribution in [0.4, 0.5) is 18.9 Å². The van der Waals surface area contributed by atoms with Crippen molar-refractivity contribution in [1.29, 1.82) is 0 Å². The first-order valence-corrected chi connectivity index (χ1v) is 7.13. The van der Waals surface area contributed by atoms with E-state index in [1.807, 2.05) is 32.0 Å². The summed E-state index contributed by atoms with van der Waals surface area (Å²) in [6.45, 7) is 5.91. The molecule has 21 heavy (non-hydrogen) atoms. The number of hydrogen-bond donors (Lipinski definition) is 1. The third-order valence-corrected chi connectivity index (χ3v) is 3.48. The van der Waals surface area contributed by atoms with Gasteiger partial charge >= 0.3 is 6.18 Å². The van der Waals surface area contributed by atoms with Crippen LogP contribution in [0, 0.1) is 6.92 Å². The number of halogens is 3. The fraction of sp³-hybridized carbons (Fsp3) is 0.438. The molecular weight excluding hydrogens is 277 g/mol. The molecule has 0 bridgehead atoms. The molecule has 0 radical (unpaired) electrons. The number of anilines is 1. The molecule has 2 nitrogen and oxygen atoms in total. The number of para-hydroxylation sites is 1. The highest BCUT2D eigenvalue weighted by molar-refractivity contribution is 5.95. The number of pyridine rings is 1. The van der Waals surface area contributed by atoms with Crippen LogP contribution >= 0.6 is 0 Å². The maximum absolute atomic E-state index is 13.2. The molecule has 0 aliphatic rings. The first kappa shape index (κ1) is 15.6. The summed E-state index contributed by atoms with van der Waals surface area (Å²) in [6, 6.07) is 5.55. The molecule has 1 aromatic carbocycles. The van der Waals surface area contributed by atoms with Crippen molar-refractivity contribution in [3.8, 4) is 0 Å². The second-order valence-corrected chi connectivity index (χ2v) is 5.05. The van der Waals surface area contributed by atoms with Gasteiger partial charge in [-0.15, -0.1) is 0 Å². The van der Waals surface area contributed by atoms with Gasteiger partial charge in [-0.05, 0) is 25.8 Å². The minimum Gasteiger partial charge on any atom is -0.385 e. The minimum absolute atomic E-state index is 0.158. The van der Waals surface area contributed by atoms with Crippen LogP contribution in [0.3, 0.4) is 0 Å². The second-order valence-electron chi connectivity index (χ2n) is 5.05. The van der Waals surface area contributed by atoms with Crippen LogP contribution in [0.1, 0.15) is 37.1 Å². The van der Waals surface area contributed by atoms with Crippen LogP contribution in [-0.4, -0.2) is 11.5 Å². The molecule has 0 unspecified atom stereocenters. The lowest BCUT2D eigenvalue weighted by atomic mass is 10.0. The smallest absolute Gasteiger partial charge is 0.385 e. The van der Waals surface area contributed by atoms with Gasteiger partial charge in [0.25, 0.3) is 0 Å². The molecule has 0 fully saturated rings. The first-order valence-electron chi connectivity index (χ1n) is 7.13. The Balaban J connectivity index is 2.83. The van der Waals surface area contributed by atoms with Crippen molar-refractivity contribution in [3.63, 3.8) is 0 Å². The zero-order valence-electron chi connectivity index (χ0n) is 12.4. The van der Waals surface area contributed by atoms with Gasteiger partial charge in [0.2, 0.25) is 0 Å². The number of rotatable bonds is 4. The normalized spacial score (nSPS) is 11.9. The second kappa shape index (κ2) is 5.92. The van der Waals surface area contributed by atoms with E-state index in [2.05, 4.69) is 10.3 Å². The van der Waals surface area contributed by atoms with Crippen molar-refractivity contribution in [2.24, 2.45) is 0 Å². The van der Waals surface area contributed by atoms with E-state index in [1.165, 1.54) is 6.92 Å². The molecule has 0 saturated heterocycles. The minimum atomic E-state index is -4.44. The zero-order chi connectivity index (χ0) is 15.6. The van der Waals surface area contributed by atoms with Gasteiger partial charge in [0.05, 0.1) is 5.52 Å². The maximum atomic E-state index is 13.2. The number of alkyl halides is 3. The van der Waals surface area contributed by atoms with E-state index in [1.54, 1.807) is 0 Å². The number of nitrogens with one attached hydrogen (secondary N) is 1. The van der Waals surface area contributed by atoms with Gasteiger partial charge in [0.15, 0.2) is 0 Å². The van der Waals surface area contributed by atoms with E-state index in [0.717, 1.165) is 23.8 Å². The Hall–Kier alpha value is -1.78. The van der Waals surface area contributed by atoms with Crippen LogP contribution in [-0.2, 0) is 12.6 Å². The molecule has 0 atom stereocenters. The Morgan fingerprint density at radius 1 is 1.19 bits per heavy atom. The molecule has 0 aliphatic carbocycles. The Morgan fingerprint density at radius 2 is 1.90 bits per heavy atom. The van der Waals surface area contributed by atoms with Gasteiger partial charge in [-0.25, -0.2) is 4.98 Å². The maximum Gasteiger partial charge on any atom is 0.433 e. The number of benzene rings is 1. The molecule has 114 valence electrons. The molecule has 1 N–H and O–H groups in total. The summed E-state index contributed by atoms with van der Waals surface area (Å²) >= 11 is 0. The Bertz CT molecular complexity index is 648. The van der Waals surface area contributed by atoms with E-state index in [9.17, 15) is 13.2 Å². The van der Waals surface area contributed by atoms with Gasteiger partial charge in [-0.2, -0.15) is 13.2 Å². The summed E-state index contributed by atoms with van der Waals surface area (Å²) in [5, 5.41) is 3.82. The van der Waals surface area contributed by atoms with Gasteiger partial charge < -0.3 is 5.32 Å². The number of aryl methyl sites for hydroxylation is 1. The Kier molecular flexibility index (Phi) is 4.40. The Labute approximate surface area is 122 Å². The summed E-state index contributed by atoms with van der Waals surface area (Å²) in [7, 11) is 0. The molecule has 0 spiro atoms. The van der Waals surface area contributed by atoms with E-state index in [0.29, 0.717) is 17.7 Å². The van der Waals surface area contributed by atoms with Crippen LogP contribution < -0.4 is 5.32 Å². The average molecular weight is 296 g/mol. The molecule has 0 saturated carbocycles. The molecule has 1 aromatic heterocycles. The third-order valence-electron chi connectivity index (χ3n) is 3.48. The van der Waals surface area contributed by atoms with Crippen molar-refractivity contribution in [2.75, 3.05) is 11.9 Å². The molecule has 1 heterocycles. The molecule has 5 heteroatoms. The number of aromatic nitrogens is 1. The fourth-order valence-electron chi connectivity index (χ4n) is 2.59. The predicted octanol–water partition coefficient (Wildman–Crippen LogP) is 4.95. The highest BCUT2D eigenvalue weighted by Gasteiger charge is 2.36. The van der Waals surface area contributed by atoms with Gasteiger partial charge in [-0.1, -0.05) is 31.5 Å². The van der Waals surface area contributed by atoms with Crippen LogP contribution in [0.15, 0.2) is 18.2 Å². The lowest BCUT2D eigenvalue weighted by molar-refractivity contribution is -0.141. The van der Waals surface area contributed by atoms with Gasteiger partial charge in [-0.3, -0.25) is 0 Å². The van der Waals surface area contributed by atoms with Crippen molar-refractivity contribution < 1.29 is 13.2 Å². The lowest BCUT2D eigenvalue weighted by Gasteiger charge is -2.18. The van der Waals surface area contributed by atoms with Crippen molar-refractivity contribution in [3.05, 3.63) is 35.0 Å². The number of fused-ring (bicyclic) bond motifs is 1. The van der Waals surface area contributed by atoms with E-state index < -0.39 is 11.9 Å². The third kappa shape index (κ3) is 2.96. The van der Waals surface area contributed by atoms with Crippen LogP contribution in [0.2, 0.25) is 0 Å². The van der Waals surface area contributed by atoms with Gasteiger partial charge in [0.1, 0.15) is 5.69 Å². The van der Waals surface area contributed by atoms with Gasteiger partial charge in [0, 0.05) is 23.2 Å². The zero-order valence-corrected chi connectivity index (χ0v) is 12.4. The molecular formula is C16H19F3N2. The average Bonchev–Trinajstić information content (AvgIpc) is 2.41. The SMILES string of the molecule is CCCc1cccc2c(NCC)c(C)c(C(F)(F)F)nc12. The number of hydrogen-bond acceptors (Lipinski definition) is 2. The molecule has 2 rings (SSSR count). The Morgan fingerprint density at radius 3 is 2.48 bits per heavy atom. The summed E-state index contributed by atoms with van der Waals surface area (Å²) in [6.07, 6.45) is -2.86. The predicted molar refractivity (Wildman–Crippen MR) is 79.6 cm³/mol. The monoisotopic (exact) mass is 296 g/mol. The topological polar surface area (TPSA) is 24.9 Å². The van der Waals surface area contributed by atoms with Crippen LogP contribution in [0.5, 0.6) is 0 Å². The van der Waals surface area contributed by atoms with Crippen molar-refractivity contribution in [1.82, 2.24) is 4.98 Å². The summed E-state index contributed by atoms with van der Waals surface area (Å²) in [5.74, 6) is 0. The number of nitrogens with zero attached hydrogens (tertiary/aromatic N) is 1. The quantitative estimate of drug-likeness (QED) is 0.863. The highest BCUT2D eigenvalue weighted by Crippen LogP contribution is 2.37. The van der Waals surface area contributed by atoms with Crippen molar-refractivity contribution >= 4 is 16.6 Å². The van der Waals surface area contributed by atoms with Crippen LogP contribution in [0.25, 0.3) is 10.9 Å². The summed E-state index contributed by atoms with van der Waals surface area (Å²) in [5.41, 5.74) is 1.21. The standard InChI is InChI=1S/C16H19F3N2/c1-4-7-11-8-6-9-12-13(20-5-2)10(3)15(16(17,18)19)21-14(11)12/h6,8-9H,4-5,7H2,1-3H3,(H,20,21). The first-order chi connectivity index (χ1) is 9.90. The summed E-state index contributed by atoms with van der Waals surface area (Å²) in [4.78, 5) is 3.94. The molecule has 0 aliphatic heterocycles. The van der Waals surface area contributed by atoms with E-state index in [4.69, 9.17) is 0 Å². The molecule has 2 aromatic rings. The molecule has 0 amide bonds. The van der Waals surface area contributed by atoms with E-state index in [-0.39, 0.29) is 5.56 Å². The highest BCUT2D eigenvalue weighted by atomic mass is 19.4. The summed E-state index contributed by atoms with van der Waals surface area (Å²) < 4.78 is 39.7. The fourth-order valence-corrected chi connectivity index (χ4v) is 2.59.